The van der Waals surface area contributed by atoms with Crippen molar-refractivity contribution in [3.63, 3.8) is 0 Å². The lowest BCUT2D eigenvalue weighted by atomic mass is 10.1. The molecule has 22 heavy (non-hydrogen) atoms. The van der Waals surface area contributed by atoms with E-state index >= 15 is 0 Å². The normalized spacial score (nSPS) is 10.3. The average Bonchev–Trinajstić information content (AvgIpc) is 2.51. The van der Waals surface area contributed by atoms with Crippen molar-refractivity contribution in [3.05, 3.63) is 47.3 Å². The Hall–Kier alpha value is -2.47. The number of amides is 1. The van der Waals surface area contributed by atoms with Crippen LogP contribution in [0.25, 0.3) is 0 Å². The molecule has 1 heterocycles. The highest BCUT2D eigenvalue weighted by atomic mass is 16.5. The van der Waals surface area contributed by atoms with Crippen molar-refractivity contribution in [1.82, 2.24) is 9.97 Å². The van der Waals surface area contributed by atoms with Crippen LogP contribution in [0, 0.1) is 13.8 Å². The first-order valence-electron chi connectivity index (χ1n) is 7.04. The van der Waals surface area contributed by atoms with Crippen LogP contribution in [0.5, 0.6) is 0 Å². The molecule has 116 valence electrons. The van der Waals surface area contributed by atoms with Gasteiger partial charge in [0.15, 0.2) is 0 Å². The molecule has 2 aromatic rings. The summed E-state index contributed by atoms with van der Waals surface area (Å²) in [4.78, 5) is 20.5. The van der Waals surface area contributed by atoms with E-state index in [1.807, 2.05) is 32.0 Å². The van der Waals surface area contributed by atoms with Gasteiger partial charge in [-0.05, 0) is 43.2 Å². The van der Waals surface area contributed by atoms with Crippen molar-refractivity contribution in [1.29, 1.82) is 0 Å². The molecule has 1 amide bonds. The Bertz CT molecular complexity index is 658. The summed E-state index contributed by atoms with van der Waals surface area (Å²) in [5.41, 5.74) is 3.38. The smallest absolute Gasteiger partial charge is 0.274 e. The lowest BCUT2D eigenvalue weighted by Crippen LogP contribution is -2.16. The number of nitrogens with zero attached hydrogens (tertiary/aromatic N) is 2. The van der Waals surface area contributed by atoms with Crippen LogP contribution in [0.2, 0.25) is 0 Å². The Kier molecular flexibility index (Phi) is 5.43. The molecular formula is C16H20N4O2. The van der Waals surface area contributed by atoms with Crippen LogP contribution < -0.4 is 10.6 Å². The molecule has 1 aromatic heterocycles. The Morgan fingerprint density at radius 3 is 2.77 bits per heavy atom. The number of carbonyl (C=O) groups excluding carboxylic acids is 1. The van der Waals surface area contributed by atoms with E-state index in [9.17, 15) is 4.79 Å². The second-order valence-corrected chi connectivity index (χ2v) is 4.94. The summed E-state index contributed by atoms with van der Waals surface area (Å²) < 4.78 is 4.94. The van der Waals surface area contributed by atoms with Crippen molar-refractivity contribution in [2.45, 2.75) is 13.8 Å². The van der Waals surface area contributed by atoms with E-state index in [0.717, 1.165) is 11.3 Å². The second-order valence-electron chi connectivity index (χ2n) is 4.94. The summed E-state index contributed by atoms with van der Waals surface area (Å²) in [5.74, 6) is 0.144. The Morgan fingerprint density at radius 1 is 1.23 bits per heavy atom. The van der Waals surface area contributed by atoms with E-state index < -0.39 is 0 Å². The topological polar surface area (TPSA) is 76.1 Å². The Morgan fingerprint density at radius 2 is 2.05 bits per heavy atom. The molecule has 0 radical (unpaired) electrons. The number of anilines is 2. The van der Waals surface area contributed by atoms with Crippen molar-refractivity contribution in [2.75, 3.05) is 30.9 Å². The third kappa shape index (κ3) is 4.26. The summed E-state index contributed by atoms with van der Waals surface area (Å²) in [6.45, 7) is 5.16. The quantitative estimate of drug-likeness (QED) is 0.801. The molecular weight excluding hydrogens is 280 g/mol. The minimum absolute atomic E-state index is 0.263. The number of hydrogen-bond donors (Lipinski definition) is 2. The van der Waals surface area contributed by atoms with Gasteiger partial charge in [0.1, 0.15) is 5.69 Å². The molecule has 0 fully saturated rings. The molecule has 1 aromatic carbocycles. The van der Waals surface area contributed by atoms with Crippen LogP contribution in [0.1, 0.15) is 21.6 Å². The van der Waals surface area contributed by atoms with Gasteiger partial charge in [0, 0.05) is 25.5 Å². The van der Waals surface area contributed by atoms with Gasteiger partial charge in [-0.1, -0.05) is 6.07 Å². The number of rotatable bonds is 6. The highest BCUT2D eigenvalue weighted by Crippen LogP contribution is 2.15. The van der Waals surface area contributed by atoms with Crippen LogP contribution in [0.15, 0.2) is 30.5 Å². The van der Waals surface area contributed by atoms with Gasteiger partial charge in [-0.3, -0.25) is 4.79 Å². The minimum atomic E-state index is -0.263. The average molecular weight is 300 g/mol. The van der Waals surface area contributed by atoms with Crippen LogP contribution >= 0.6 is 0 Å². The number of aromatic nitrogens is 2. The standard InChI is InChI=1S/C16H20N4O2/c1-11-4-5-13(10-12(11)2)19-15(21)14-6-7-17-16(20-14)18-8-9-22-3/h4-7,10H,8-9H2,1-3H3,(H,19,21)(H,17,18,20). The van der Waals surface area contributed by atoms with Crippen LogP contribution in [-0.2, 0) is 4.74 Å². The molecule has 2 rings (SSSR count). The summed E-state index contributed by atoms with van der Waals surface area (Å²) >= 11 is 0. The van der Waals surface area contributed by atoms with Crippen LogP contribution in [0.4, 0.5) is 11.6 Å². The SMILES string of the molecule is COCCNc1nccc(C(=O)Nc2ccc(C)c(C)c2)n1. The minimum Gasteiger partial charge on any atom is -0.383 e. The van der Waals surface area contributed by atoms with Gasteiger partial charge in [0.25, 0.3) is 5.91 Å². The van der Waals surface area contributed by atoms with Gasteiger partial charge < -0.3 is 15.4 Å². The fourth-order valence-corrected chi connectivity index (χ4v) is 1.85. The van der Waals surface area contributed by atoms with Gasteiger partial charge in [-0.15, -0.1) is 0 Å². The van der Waals surface area contributed by atoms with Crippen molar-refractivity contribution >= 4 is 17.5 Å². The monoisotopic (exact) mass is 300 g/mol. The first kappa shape index (κ1) is 15.9. The number of benzene rings is 1. The van der Waals surface area contributed by atoms with E-state index in [2.05, 4.69) is 20.6 Å². The van der Waals surface area contributed by atoms with Crippen molar-refractivity contribution in [2.24, 2.45) is 0 Å². The Balaban J connectivity index is 2.05. The van der Waals surface area contributed by atoms with E-state index in [0.29, 0.717) is 24.8 Å². The highest BCUT2D eigenvalue weighted by molar-refractivity contribution is 6.03. The lowest BCUT2D eigenvalue weighted by Gasteiger charge is -2.08. The van der Waals surface area contributed by atoms with Crippen LogP contribution in [-0.4, -0.2) is 36.1 Å². The zero-order valence-electron chi connectivity index (χ0n) is 13.0. The summed E-state index contributed by atoms with van der Waals surface area (Å²) in [6.07, 6.45) is 1.55. The summed E-state index contributed by atoms with van der Waals surface area (Å²) in [5, 5.41) is 5.83. The molecule has 0 aliphatic rings. The summed E-state index contributed by atoms with van der Waals surface area (Å²) in [7, 11) is 1.62. The third-order valence-electron chi connectivity index (χ3n) is 3.24. The zero-order valence-corrected chi connectivity index (χ0v) is 13.0. The van der Waals surface area contributed by atoms with Crippen molar-refractivity contribution < 1.29 is 9.53 Å². The molecule has 0 aliphatic heterocycles. The maximum Gasteiger partial charge on any atom is 0.274 e. The number of nitrogens with one attached hydrogen (secondary N) is 2. The van der Waals surface area contributed by atoms with Gasteiger partial charge >= 0.3 is 0 Å². The number of hydrogen-bond acceptors (Lipinski definition) is 5. The van der Waals surface area contributed by atoms with Crippen molar-refractivity contribution in [3.8, 4) is 0 Å². The van der Waals surface area contributed by atoms with E-state index in [-0.39, 0.29) is 5.91 Å². The second kappa shape index (κ2) is 7.51. The lowest BCUT2D eigenvalue weighted by molar-refractivity contribution is 0.102. The fraction of sp³-hybridized carbons (Fsp3) is 0.312. The third-order valence-corrected chi connectivity index (χ3v) is 3.24. The molecule has 0 saturated heterocycles. The van der Waals surface area contributed by atoms with Crippen LogP contribution in [0.3, 0.4) is 0 Å². The number of ether oxygens (including phenoxy) is 1. The number of carbonyl (C=O) groups is 1. The molecule has 0 unspecified atom stereocenters. The summed E-state index contributed by atoms with van der Waals surface area (Å²) in [6, 6.07) is 7.37. The largest absolute Gasteiger partial charge is 0.383 e. The number of methoxy groups -OCH3 is 1. The fourth-order valence-electron chi connectivity index (χ4n) is 1.85. The maximum absolute atomic E-state index is 12.2. The molecule has 6 heteroatoms. The molecule has 0 atom stereocenters. The molecule has 2 N–H and O–H groups in total. The van der Waals surface area contributed by atoms with Gasteiger partial charge in [0.2, 0.25) is 5.95 Å². The van der Waals surface area contributed by atoms with E-state index in [1.165, 1.54) is 5.56 Å². The van der Waals surface area contributed by atoms with Gasteiger partial charge in [0.05, 0.1) is 6.61 Å². The number of aryl methyl sites for hydroxylation is 2. The predicted molar refractivity (Wildman–Crippen MR) is 86.3 cm³/mol. The molecule has 0 saturated carbocycles. The van der Waals surface area contributed by atoms with E-state index in [1.54, 1.807) is 19.4 Å². The molecule has 0 spiro atoms. The first-order chi connectivity index (χ1) is 10.6. The van der Waals surface area contributed by atoms with Gasteiger partial charge in [-0.25, -0.2) is 9.97 Å². The predicted octanol–water partition coefficient (Wildman–Crippen LogP) is 2.40. The zero-order chi connectivity index (χ0) is 15.9. The van der Waals surface area contributed by atoms with E-state index in [4.69, 9.17) is 4.74 Å². The molecule has 0 bridgehead atoms. The molecule has 6 nitrogen and oxygen atoms in total. The first-order valence-corrected chi connectivity index (χ1v) is 7.04. The highest BCUT2D eigenvalue weighted by Gasteiger charge is 2.09. The Labute approximate surface area is 129 Å². The maximum atomic E-state index is 12.2. The molecule has 0 aliphatic carbocycles. The van der Waals surface area contributed by atoms with Gasteiger partial charge in [-0.2, -0.15) is 0 Å².